The Hall–Kier alpha value is -0.890. The van der Waals surface area contributed by atoms with E-state index in [-0.39, 0.29) is 0 Å². The van der Waals surface area contributed by atoms with E-state index in [4.69, 9.17) is 5.73 Å². The lowest BCUT2D eigenvalue weighted by molar-refractivity contribution is 0.413. The van der Waals surface area contributed by atoms with Crippen molar-refractivity contribution in [1.29, 1.82) is 0 Å². The molecule has 1 heterocycles. The molecule has 1 aliphatic rings. The van der Waals surface area contributed by atoms with E-state index < -0.39 is 0 Å². The molecule has 0 aromatic carbocycles. The van der Waals surface area contributed by atoms with Gasteiger partial charge >= 0.3 is 0 Å². The van der Waals surface area contributed by atoms with E-state index in [0.717, 1.165) is 18.0 Å². The molecule has 3 unspecified atom stereocenters. The average Bonchev–Trinajstić information content (AvgIpc) is 2.66. The van der Waals surface area contributed by atoms with Gasteiger partial charge in [0.05, 0.1) is 0 Å². The topological polar surface area (TPSA) is 38.9 Å². The summed E-state index contributed by atoms with van der Waals surface area (Å²) in [4.78, 5) is 4.33. The molecule has 0 radical (unpaired) electrons. The molecule has 3 atom stereocenters. The van der Waals surface area contributed by atoms with Crippen molar-refractivity contribution in [3.8, 4) is 0 Å². The van der Waals surface area contributed by atoms with Gasteiger partial charge in [-0.05, 0) is 36.8 Å². The van der Waals surface area contributed by atoms with Gasteiger partial charge in [0.2, 0.25) is 0 Å². The van der Waals surface area contributed by atoms with Crippen molar-refractivity contribution in [2.45, 2.75) is 38.6 Å². The average molecular weight is 204 g/mol. The molecular weight excluding hydrogens is 184 g/mol. The fourth-order valence-electron chi connectivity index (χ4n) is 2.57. The first kappa shape index (κ1) is 10.6. The van der Waals surface area contributed by atoms with Gasteiger partial charge in [-0.2, -0.15) is 0 Å². The number of aromatic nitrogens is 1. The van der Waals surface area contributed by atoms with Crippen molar-refractivity contribution in [2.75, 3.05) is 0 Å². The second-order valence-corrected chi connectivity index (χ2v) is 4.87. The second-order valence-electron chi connectivity index (χ2n) is 4.87. The van der Waals surface area contributed by atoms with E-state index in [1.165, 1.54) is 19.3 Å². The van der Waals surface area contributed by atoms with Gasteiger partial charge in [0.1, 0.15) is 0 Å². The fraction of sp³-hybridized carbons (Fsp3) is 0.615. The summed E-state index contributed by atoms with van der Waals surface area (Å²) in [5.41, 5.74) is 7.36. The van der Waals surface area contributed by atoms with Crippen LogP contribution in [0.1, 0.15) is 31.9 Å². The zero-order chi connectivity index (χ0) is 10.7. The normalized spacial score (nSPS) is 27.9. The van der Waals surface area contributed by atoms with Crippen molar-refractivity contribution in [3.63, 3.8) is 0 Å². The molecule has 2 rings (SSSR count). The summed E-state index contributed by atoms with van der Waals surface area (Å²) >= 11 is 0. The number of pyridine rings is 1. The van der Waals surface area contributed by atoms with Crippen molar-refractivity contribution >= 4 is 0 Å². The SMILES string of the molecule is CC1CCC(C(N)Cc2ccccn2)C1. The third kappa shape index (κ3) is 2.78. The Balaban J connectivity index is 1.90. The molecule has 0 spiro atoms. The zero-order valence-electron chi connectivity index (χ0n) is 9.39. The van der Waals surface area contributed by atoms with Crippen LogP contribution < -0.4 is 5.73 Å². The van der Waals surface area contributed by atoms with Crippen LogP contribution in [-0.4, -0.2) is 11.0 Å². The Morgan fingerprint density at radius 2 is 2.33 bits per heavy atom. The van der Waals surface area contributed by atoms with Crippen LogP contribution in [0.25, 0.3) is 0 Å². The highest BCUT2D eigenvalue weighted by atomic mass is 14.7. The van der Waals surface area contributed by atoms with Gasteiger partial charge in [-0.1, -0.05) is 19.4 Å². The van der Waals surface area contributed by atoms with Gasteiger partial charge in [0.15, 0.2) is 0 Å². The van der Waals surface area contributed by atoms with E-state index in [2.05, 4.69) is 18.0 Å². The maximum atomic E-state index is 6.23. The predicted molar refractivity (Wildman–Crippen MR) is 62.4 cm³/mol. The first-order valence-corrected chi connectivity index (χ1v) is 5.91. The van der Waals surface area contributed by atoms with Crippen molar-refractivity contribution in [1.82, 2.24) is 4.98 Å². The van der Waals surface area contributed by atoms with Crippen molar-refractivity contribution in [2.24, 2.45) is 17.6 Å². The van der Waals surface area contributed by atoms with E-state index in [1.54, 1.807) is 0 Å². The molecule has 2 nitrogen and oxygen atoms in total. The number of rotatable bonds is 3. The minimum atomic E-state index is 0.296. The monoisotopic (exact) mass is 204 g/mol. The highest BCUT2D eigenvalue weighted by Gasteiger charge is 2.26. The van der Waals surface area contributed by atoms with Crippen LogP contribution in [0.4, 0.5) is 0 Å². The summed E-state index contributed by atoms with van der Waals surface area (Å²) in [6.07, 6.45) is 6.72. The van der Waals surface area contributed by atoms with E-state index in [0.29, 0.717) is 12.0 Å². The molecule has 82 valence electrons. The van der Waals surface area contributed by atoms with Crippen LogP contribution >= 0.6 is 0 Å². The van der Waals surface area contributed by atoms with Gasteiger partial charge in [-0.25, -0.2) is 0 Å². The van der Waals surface area contributed by atoms with Crippen LogP contribution in [0.3, 0.4) is 0 Å². The zero-order valence-corrected chi connectivity index (χ0v) is 9.39. The van der Waals surface area contributed by atoms with Crippen LogP contribution in [0, 0.1) is 11.8 Å². The standard InChI is InChI=1S/C13H20N2/c1-10-5-6-11(8-10)13(14)9-12-4-2-3-7-15-12/h2-4,7,10-11,13H,5-6,8-9,14H2,1H3. The molecule has 2 heteroatoms. The Labute approximate surface area is 91.9 Å². The van der Waals surface area contributed by atoms with Gasteiger partial charge in [0.25, 0.3) is 0 Å². The Morgan fingerprint density at radius 3 is 2.93 bits per heavy atom. The molecule has 2 N–H and O–H groups in total. The third-order valence-corrected chi connectivity index (χ3v) is 3.51. The molecule has 15 heavy (non-hydrogen) atoms. The minimum absolute atomic E-state index is 0.296. The molecule has 0 amide bonds. The predicted octanol–water partition coefficient (Wildman–Crippen LogP) is 2.39. The number of hydrogen-bond acceptors (Lipinski definition) is 2. The molecule has 1 aromatic rings. The van der Waals surface area contributed by atoms with Crippen LogP contribution in [-0.2, 0) is 6.42 Å². The summed E-state index contributed by atoms with van der Waals surface area (Å²) in [6.45, 7) is 2.33. The fourth-order valence-corrected chi connectivity index (χ4v) is 2.57. The maximum absolute atomic E-state index is 6.23. The summed E-state index contributed by atoms with van der Waals surface area (Å²) in [6, 6.07) is 6.35. The first-order chi connectivity index (χ1) is 7.25. The molecule has 1 aliphatic carbocycles. The minimum Gasteiger partial charge on any atom is -0.327 e. The molecule has 1 fully saturated rings. The van der Waals surface area contributed by atoms with Gasteiger partial charge in [0, 0.05) is 24.4 Å². The maximum Gasteiger partial charge on any atom is 0.0419 e. The lowest BCUT2D eigenvalue weighted by Crippen LogP contribution is -2.31. The quantitative estimate of drug-likeness (QED) is 0.821. The van der Waals surface area contributed by atoms with E-state index in [9.17, 15) is 0 Å². The van der Waals surface area contributed by atoms with Crippen LogP contribution in [0.2, 0.25) is 0 Å². The number of nitrogens with zero attached hydrogens (tertiary/aromatic N) is 1. The lowest BCUT2D eigenvalue weighted by atomic mass is 9.94. The Morgan fingerprint density at radius 1 is 1.47 bits per heavy atom. The van der Waals surface area contributed by atoms with Crippen LogP contribution in [0.5, 0.6) is 0 Å². The van der Waals surface area contributed by atoms with Crippen molar-refractivity contribution < 1.29 is 0 Å². The molecule has 1 aromatic heterocycles. The largest absolute Gasteiger partial charge is 0.327 e. The Bertz CT molecular complexity index is 297. The van der Waals surface area contributed by atoms with Crippen molar-refractivity contribution in [3.05, 3.63) is 30.1 Å². The highest BCUT2D eigenvalue weighted by molar-refractivity contribution is 5.05. The molecule has 1 saturated carbocycles. The Kier molecular flexibility index (Phi) is 3.37. The highest BCUT2D eigenvalue weighted by Crippen LogP contribution is 2.32. The summed E-state index contributed by atoms with van der Waals surface area (Å²) in [5, 5.41) is 0. The summed E-state index contributed by atoms with van der Waals surface area (Å²) in [7, 11) is 0. The summed E-state index contributed by atoms with van der Waals surface area (Å²) in [5.74, 6) is 1.58. The molecular formula is C13H20N2. The van der Waals surface area contributed by atoms with E-state index in [1.807, 2.05) is 18.3 Å². The lowest BCUT2D eigenvalue weighted by Gasteiger charge is -2.18. The smallest absolute Gasteiger partial charge is 0.0419 e. The first-order valence-electron chi connectivity index (χ1n) is 5.91. The number of nitrogens with two attached hydrogens (primary N) is 1. The number of hydrogen-bond donors (Lipinski definition) is 1. The molecule has 0 bridgehead atoms. The molecule has 0 aliphatic heterocycles. The van der Waals surface area contributed by atoms with Gasteiger partial charge in [-0.3, -0.25) is 4.98 Å². The van der Waals surface area contributed by atoms with Gasteiger partial charge in [-0.15, -0.1) is 0 Å². The summed E-state index contributed by atoms with van der Waals surface area (Å²) < 4.78 is 0. The van der Waals surface area contributed by atoms with Crippen LogP contribution in [0.15, 0.2) is 24.4 Å². The third-order valence-electron chi connectivity index (χ3n) is 3.51. The van der Waals surface area contributed by atoms with E-state index >= 15 is 0 Å². The van der Waals surface area contributed by atoms with Gasteiger partial charge < -0.3 is 5.73 Å². The molecule has 0 saturated heterocycles. The second kappa shape index (κ2) is 4.75.